The maximum absolute atomic E-state index is 2.49. The minimum Gasteiger partial charge on any atom is -0.0654 e. The Morgan fingerprint density at radius 2 is 0.633 bits per heavy atom. The summed E-state index contributed by atoms with van der Waals surface area (Å²) in [6.45, 7) is 19.3. The molecule has 0 amide bonds. The summed E-state index contributed by atoms with van der Waals surface area (Å²) in [5.74, 6) is 0. The molecule has 0 fully saturated rings. The predicted molar refractivity (Wildman–Crippen MR) is 140 cm³/mol. The third kappa shape index (κ3) is 21.2. The first-order valence-electron chi connectivity index (χ1n) is 14.0. The molecule has 0 aliphatic rings. The maximum atomic E-state index is 2.49. The molecule has 0 aromatic rings. The lowest BCUT2D eigenvalue weighted by molar-refractivity contribution is 0.257. The van der Waals surface area contributed by atoms with E-state index in [0.29, 0.717) is 16.2 Å². The van der Waals surface area contributed by atoms with Crippen LogP contribution in [-0.2, 0) is 0 Å². The minimum atomic E-state index is 0.501. The summed E-state index contributed by atoms with van der Waals surface area (Å²) in [7, 11) is 0. The fourth-order valence-corrected chi connectivity index (χ4v) is 4.80. The van der Waals surface area contributed by atoms with Gasteiger partial charge in [-0.25, -0.2) is 0 Å². The molecule has 0 atom stereocenters. The van der Waals surface area contributed by atoms with Crippen molar-refractivity contribution in [3.8, 4) is 0 Å². The van der Waals surface area contributed by atoms with Gasteiger partial charge in [0.15, 0.2) is 0 Å². The third-order valence-electron chi connectivity index (χ3n) is 7.19. The number of rotatable bonds is 20. The molecule has 0 nitrogen and oxygen atoms in total. The van der Waals surface area contributed by atoms with Gasteiger partial charge in [0, 0.05) is 0 Å². The lowest BCUT2D eigenvalue weighted by Crippen LogP contribution is -2.13. The Morgan fingerprint density at radius 1 is 0.333 bits per heavy atom. The normalized spacial score (nSPS) is 13.2. The smallest absolute Gasteiger partial charge is 0.0354 e. The molecular weight excluding hydrogens is 360 g/mol. The largest absolute Gasteiger partial charge is 0.0654 e. The zero-order chi connectivity index (χ0) is 22.9. The van der Waals surface area contributed by atoms with Gasteiger partial charge in [0.1, 0.15) is 0 Å². The standard InChI is InChI=1S/C30H62/c1-9-10-24-29(5,6)25-20-18-16-14-12-11-13-15-17-19-21-26-30(7,8)27-22-23-28(2,3)4/h9-27H2,1-8H3. The molecule has 0 unspecified atom stereocenters. The summed E-state index contributed by atoms with van der Waals surface area (Å²) < 4.78 is 0. The van der Waals surface area contributed by atoms with Gasteiger partial charge in [-0.15, -0.1) is 0 Å². The quantitative estimate of drug-likeness (QED) is 0.171. The van der Waals surface area contributed by atoms with E-state index in [1.807, 2.05) is 0 Å². The lowest BCUT2D eigenvalue weighted by Gasteiger charge is -2.27. The van der Waals surface area contributed by atoms with Crippen molar-refractivity contribution in [1.82, 2.24) is 0 Å². The van der Waals surface area contributed by atoms with Crippen LogP contribution < -0.4 is 0 Å². The summed E-state index contributed by atoms with van der Waals surface area (Å²) in [6, 6.07) is 0. The van der Waals surface area contributed by atoms with E-state index in [4.69, 9.17) is 0 Å². The van der Waals surface area contributed by atoms with E-state index in [2.05, 4.69) is 55.4 Å². The van der Waals surface area contributed by atoms with E-state index in [1.165, 1.54) is 122 Å². The maximum Gasteiger partial charge on any atom is -0.0354 e. The molecule has 0 heterocycles. The molecule has 182 valence electrons. The predicted octanol–water partition coefficient (Wildman–Crippen LogP) is 11.5. The molecule has 0 aliphatic heterocycles. The molecule has 0 aromatic carbocycles. The molecule has 0 saturated heterocycles. The van der Waals surface area contributed by atoms with Crippen molar-refractivity contribution in [2.45, 2.75) is 177 Å². The van der Waals surface area contributed by atoms with Crippen LogP contribution in [0.4, 0.5) is 0 Å². The van der Waals surface area contributed by atoms with Gasteiger partial charge in [-0.2, -0.15) is 0 Å². The first kappa shape index (κ1) is 30.0. The fraction of sp³-hybridized carbons (Fsp3) is 1.00. The number of hydrogen-bond donors (Lipinski definition) is 0. The molecule has 0 radical (unpaired) electrons. The van der Waals surface area contributed by atoms with Crippen molar-refractivity contribution >= 4 is 0 Å². The van der Waals surface area contributed by atoms with E-state index in [9.17, 15) is 0 Å². The van der Waals surface area contributed by atoms with Crippen LogP contribution in [0.2, 0.25) is 0 Å². The van der Waals surface area contributed by atoms with Gasteiger partial charge in [0.05, 0.1) is 0 Å². The summed E-state index contributed by atoms with van der Waals surface area (Å²) >= 11 is 0. The Balaban J connectivity index is 3.42. The second-order valence-electron chi connectivity index (χ2n) is 13.2. The van der Waals surface area contributed by atoms with Crippen molar-refractivity contribution in [2.24, 2.45) is 16.2 Å². The van der Waals surface area contributed by atoms with Crippen LogP contribution in [0.1, 0.15) is 177 Å². The highest BCUT2D eigenvalue weighted by atomic mass is 14.2. The van der Waals surface area contributed by atoms with Crippen LogP contribution in [0.25, 0.3) is 0 Å². The van der Waals surface area contributed by atoms with Gasteiger partial charge in [-0.3, -0.25) is 0 Å². The first-order chi connectivity index (χ1) is 14.0. The molecule has 0 bridgehead atoms. The third-order valence-corrected chi connectivity index (χ3v) is 7.19. The Morgan fingerprint density at radius 3 is 0.967 bits per heavy atom. The SMILES string of the molecule is CCCCC(C)(C)CCCCCCCCCCCCCC(C)(C)CCCC(C)(C)C. The molecule has 0 rings (SSSR count). The summed E-state index contributed by atoms with van der Waals surface area (Å²) in [6.07, 6.45) is 27.3. The number of unbranched alkanes of at least 4 members (excludes halogenated alkanes) is 11. The van der Waals surface area contributed by atoms with Gasteiger partial charge < -0.3 is 0 Å². The highest BCUT2D eigenvalue weighted by molar-refractivity contribution is 4.71. The highest BCUT2D eigenvalue weighted by Crippen LogP contribution is 2.33. The zero-order valence-electron chi connectivity index (χ0n) is 22.9. The van der Waals surface area contributed by atoms with Crippen molar-refractivity contribution in [3.63, 3.8) is 0 Å². The summed E-state index contributed by atoms with van der Waals surface area (Å²) in [5.41, 5.74) is 1.63. The molecule has 30 heavy (non-hydrogen) atoms. The van der Waals surface area contributed by atoms with Crippen molar-refractivity contribution in [3.05, 3.63) is 0 Å². The van der Waals surface area contributed by atoms with Crippen molar-refractivity contribution < 1.29 is 0 Å². The average Bonchev–Trinajstić information content (AvgIpc) is 2.62. The van der Waals surface area contributed by atoms with Gasteiger partial charge >= 0.3 is 0 Å². The Hall–Kier alpha value is 0. The average molecular weight is 423 g/mol. The molecule has 0 aliphatic carbocycles. The molecular formula is C30H62. The van der Waals surface area contributed by atoms with Crippen LogP contribution in [0.15, 0.2) is 0 Å². The van der Waals surface area contributed by atoms with E-state index in [0.717, 1.165) is 0 Å². The Kier molecular flexibility index (Phi) is 16.6. The monoisotopic (exact) mass is 422 g/mol. The number of hydrogen-bond acceptors (Lipinski definition) is 0. The van der Waals surface area contributed by atoms with Gasteiger partial charge in [0.2, 0.25) is 0 Å². The zero-order valence-corrected chi connectivity index (χ0v) is 22.9. The van der Waals surface area contributed by atoms with Crippen LogP contribution >= 0.6 is 0 Å². The second kappa shape index (κ2) is 16.6. The van der Waals surface area contributed by atoms with Crippen molar-refractivity contribution in [1.29, 1.82) is 0 Å². The van der Waals surface area contributed by atoms with Gasteiger partial charge in [-0.05, 0) is 48.3 Å². The Bertz CT molecular complexity index is 368. The topological polar surface area (TPSA) is 0 Å². The van der Waals surface area contributed by atoms with E-state index in [-0.39, 0.29) is 0 Å². The van der Waals surface area contributed by atoms with Crippen LogP contribution in [0.3, 0.4) is 0 Å². The highest BCUT2D eigenvalue weighted by Gasteiger charge is 2.19. The van der Waals surface area contributed by atoms with Crippen molar-refractivity contribution in [2.75, 3.05) is 0 Å². The summed E-state index contributed by atoms with van der Waals surface area (Å²) in [4.78, 5) is 0. The molecule has 0 saturated carbocycles. The van der Waals surface area contributed by atoms with Crippen LogP contribution in [-0.4, -0.2) is 0 Å². The Labute approximate surface area is 193 Å². The minimum absolute atomic E-state index is 0.501. The van der Waals surface area contributed by atoms with Gasteiger partial charge in [0.25, 0.3) is 0 Å². The summed E-state index contributed by atoms with van der Waals surface area (Å²) in [5, 5.41) is 0. The van der Waals surface area contributed by atoms with Gasteiger partial charge in [-0.1, -0.05) is 145 Å². The fourth-order valence-electron chi connectivity index (χ4n) is 4.80. The first-order valence-corrected chi connectivity index (χ1v) is 14.0. The molecule has 0 N–H and O–H groups in total. The molecule has 0 aromatic heterocycles. The van der Waals surface area contributed by atoms with E-state index < -0.39 is 0 Å². The van der Waals surface area contributed by atoms with Crippen LogP contribution in [0.5, 0.6) is 0 Å². The van der Waals surface area contributed by atoms with E-state index in [1.54, 1.807) is 0 Å². The molecule has 0 heteroatoms. The second-order valence-corrected chi connectivity index (χ2v) is 13.2. The lowest BCUT2D eigenvalue weighted by atomic mass is 9.79. The molecule has 0 spiro atoms. The van der Waals surface area contributed by atoms with Crippen LogP contribution in [0, 0.1) is 16.2 Å². The van der Waals surface area contributed by atoms with E-state index >= 15 is 0 Å².